The van der Waals surface area contributed by atoms with E-state index in [1.54, 1.807) is 0 Å². The van der Waals surface area contributed by atoms with Crippen LogP contribution in [0.2, 0.25) is 0 Å². The summed E-state index contributed by atoms with van der Waals surface area (Å²) in [5.74, 6) is 0.798. The lowest BCUT2D eigenvalue weighted by molar-refractivity contribution is -0.0236. The Bertz CT molecular complexity index is 501. The van der Waals surface area contributed by atoms with E-state index in [2.05, 4.69) is 54.6 Å². The largest absolute Gasteiger partial charge is 0.388 e. The first-order chi connectivity index (χ1) is 10.5. The van der Waals surface area contributed by atoms with Gasteiger partial charge in [-0.2, -0.15) is 0 Å². The SMILES string of the molecule is CCNC(=NCC1(O)CCC1)NCCc1cc(C)cc(C)c1. The molecule has 0 aliphatic heterocycles. The van der Waals surface area contributed by atoms with Crippen LogP contribution in [0.25, 0.3) is 0 Å². The van der Waals surface area contributed by atoms with Gasteiger partial charge in [-0.1, -0.05) is 29.3 Å². The lowest BCUT2D eigenvalue weighted by Crippen LogP contribution is -2.43. The minimum absolute atomic E-state index is 0.492. The van der Waals surface area contributed by atoms with Crippen LogP contribution in [0.4, 0.5) is 0 Å². The zero-order valence-corrected chi connectivity index (χ0v) is 14.1. The van der Waals surface area contributed by atoms with Gasteiger partial charge in [0, 0.05) is 13.1 Å². The molecule has 0 radical (unpaired) electrons. The summed E-state index contributed by atoms with van der Waals surface area (Å²) in [6.45, 7) is 8.48. The first-order valence-electron chi connectivity index (χ1n) is 8.32. The second-order valence-corrected chi connectivity index (χ2v) is 6.45. The van der Waals surface area contributed by atoms with Crippen LogP contribution in [0.1, 0.15) is 42.9 Å². The van der Waals surface area contributed by atoms with Gasteiger partial charge in [0.05, 0.1) is 12.1 Å². The van der Waals surface area contributed by atoms with Crippen molar-refractivity contribution in [2.75, 3.05) is 19.6 Å². The van der Waals surface area contributed by atoms with Gasteiger partial charge in [-0.3, -0.25) is 4.99 Å². The minimum atomic E-state index is -0.560. The average Bonchev–Trinajstić information content (AvgIpc) is 2.41. The van der Waals surface area contributed by atoms with Crippen molar-refractivity contribution in [1.82, 2.24) is 10.6 Å². The summed E-state index contributed by atoms with van der Waals surface area (Å²) in [6.07, 6.45) is 3.83. The van der Waals surface area contributed by atoms with Crippen LogP contribution in [0.3, 0.4) is 0 Å². The average molecular weight is 303 g/mol. The quantitative estimate of drug-likeness (QED) is 0.558. The summed E-state index contributed by atoms with van der Waals surface area (Å²) in [4.78, 5) is 4.52. The van der Waals surface area contributed by atoms with Crippen molar-refractivity contribution in [3.8, 4) is 0 Å². The van der Waals surface area contributed by atoms with Gasteiger partial charge in [0.15, 0.2) is 5.96 Å². The van der Waals surface area contributed by atoms with Gasteiger partial charge in [0.1, 0.15) is 0 Å². The maximum atomic E-state index is 10.1. The van der Waals surface area contributed by atoms with E-state index in [4.69, 9.17) is 0 Å². The van der Waals surface area contributed by atoms with Gasteiger partial charge in [0.2, 0.25) is 0 Å². The zero-order chi connectivity index (χ0) is 16.0. The number of nitrogens with zero attached hydrogens (tertiary/aromatic N) is 1. The molecule has 0 bridgehead atoms. The molecule has 1 aliphatic rings. The van der Waals surface area contributed by atoms with E-state index in [0.717, 1.165) is 44.7 Å². The molecule has 1 aromatic carbocycles. The Kier molecular flexibility index (Phi) is 5.83. The monoisotopic (exact) mass is 303 g/mol. The molecule has 0 atom stereocenters. The molecule has 1 aromatic rings. The topological polar surface area (TPSA) is 56.7 Å². The van der Waals surface area contributed by atoms with Crippen LogP contribution in [0.5, 0.6) is 0 Å². The molecule has 22 heavy (non-hydrogen) atoms. The molecule has 3 N–H and O–H groups in total. The molecule has 0 saturated heterocycles. The molecule has 0 aromatic heterocycles. The molecule has 122 valence electrons. The number of guanidine groups is 1. The Balaban J connectivity index is 1.84. The van der Waals surface area contributed by atoms with Crippen LogP contribution >= 0.6 is 0 Å². The van der Waals surface area contributed by atoms with Crippen LogP contribution in [-0.4, -0.2) is 36.3 Å². The van der Waals surface area contributed by atoms with Crippen molar-refractivity contribution in [2.45, 2.75) is 52.1 Å². The van der Waals surface area contributed by atoms with Crippen molar-refractivity contribution < 1.29 is 5.11 Å². The van der Waals surface area contributed by atoms with Gasteiger partial charge < -0.3 is 15.7 Å². The Morgan fingerprint density at radius 1 is 1.18 bits per heavy atom. The Morgan fingerprint density at radius 3 is 2.41 bits per heavy atom. The second kappa shape index (κ2) is 7.63. The van der Waals surface area contributed by atoms with E-state index in [-0.39, 0.29) is 0 Å². The Morgan fingerprint density at radius 2 is 1.86 bits per heavy atom. The Hall–Kier alpha value is -1.55. The molecule has 4 nitrogen and oxygen atoms in total. The van der Waals surface area contributed by atoms with E-state index in [1.807, 2.05) is 0 Å². The molecule has 0 unspecified atom stereocenters. The van der Waals surface area contributed by atoms with E-state index in [9.17, 15) is 5.11 Å². The van der Waals surface area contributed by atoms with Gasteiger partial charge in [-0.05, 0) is 52.0 Å². The third-order valence-corrected chi connectivity index (χ3v) is 4.15. The molecule has 1 fully saturated rings. The number of aliphatic imine (C=N–C) groups is 1. The molecule has 0 heterocycles. The van der Waals surface area contributed by atoms with Crippen molar-refractivity contribution in [1.29, 1.82) is 0 Å². The first kappa shape index (κ1) is 16.8. The highest BCUT2D eigenvalue weighted by atomic mass is 16.3. The fourth-order valence-corrected chi connectivity index (χ4v) is 2.85. The number of hydrogen-bond donors (Lipinski definition) is 3. The zero-order valence-electron chi connectivity index (χ0n) is 14.1. The van der Waals surface area contributed by atoms with Gasteiger partial charge in [0.25, 0.3) is 0 Å². The number of rotatable bonds is 6. The number of benzene rings is 1. The fraction of sp³-hybridized carbons (Fsp3) is 0.611. The predicted octanol–water partition coefficient (Wildman–Crippen LogP) is 2.32. The van der Waals surface area contributed by atoms with E-state index in [0.29, 0.717) is 6.54 Å². The highest BCUT2D eigenvalue weighted by molar-refractivity contribution is 5.79. The lowest BCUT2D eigenvalue weighted by Gasteiger charge is -2.35. The summed E-state index contributed by atoms with van der Waals surface area (Å²) in [7, 11) is 0. The third-order valence-electron chi connectivity index (χ3n) is 4.15. The highest BCUT2D eigenvalue weighted by Gasteiger charge is 2.34. The molecule has 0 amide bonds. The van der Waals surface area contributed by atoms with Gasteiger partial charge >= 0.3 is 0 Å². The normalized spacial score (nSPS) is 17.0. The van der Waals surface area contributed by atoms with Crippen molar-refractivity contribution >= 4 is 5.96 Å². The molecule has 0 spiro atoms. The minimum Gasteiger partial charge on any atom is -0.388 e. The van der Waals surface area contributed by atoms with Crippen molar-refractivity contribution in [3.05, 3.63) is 34.9 Å². The van der Waals surface area contributed by atoms with E-state index in [1.165, 1.54) is 16.7 Å². The van der Waals surface area contributed by atoms with Crippen LogP contribution in [0.15, 0.2) is 23.2 Å². The summed E-state index contributed by atoms with van der Waals surface area (Å²) < 4.78 is 0. The third kappa shape index (κ3) is 5.02. The number of aliphatic hydroxyl groups is 1. The molecule has 1 aliphatic carbocycles. The number of aryl methyl sites for hydroxylation is 2. The fourth-order valence-electron chi connectivity index (χ4n) is 2.85. The summed E-state index contributed by atoms with van der Waals surface area (Å²) in [5.41, 5.74) is 3.40. The van der Waals surface area contributed by atoms with Gasteiger partial charge in [-0.15, -0.1) is 0 Å². The van der Waals surface area contributed by atoms with Crippen LogP contribution < -0.4 is 10.6 Å². The second-order valence-electron chi connectivity index (χ2n) is 6.45. The molecule has 2 rings (SSSR count). The molecular formula is C18H29N3O. The van der Waals surface area contributed by atoms with Crippen molar-refractivity contribution in [3.63, 3.8) is 0 Å². The Labute approximate surface area is 134 Å². The highest BCUT2D eigenvalue weighted by Crippen LogP contribution is 2.31. The lowest BCUT2D eigenvalue weighted by atomic mass is 9.80. The van der Waals surface area contributed by atoms with Crippen LogP contribution in [-0.2, 0) is 6.42 Å². The summed E-state index contributed by atoms with van der Waals surface area (Å²) in [6, 6.07) is 6.66. The molecule has 4 heteroatoms. The maximum absolute atomic E-state index is 10.1. The van der Waals surface area contributed by atoms with E-state index < -0.39 is 5.60 Å². The van der Waals surface area contributed by atoms with E-state index >= 15 is 0 Å². The molecular weight excluding hydrogens is 274 g/mol. The van der Waals surface area contributed by atoms with Gasteiger partial charge in [-0.25, -0.2) is 0 Å². The number of hydrogen-bond acceptors (Lipinski definition) is 2. The smallest absolute Gasteiger partial charge is 0.191 e. The summed E-state index contributed by atoms with van der Waals surface area (Å²) >= 11 is 0. The predicted molar refractivity (Wildman–Crippen MR) is 92.4 cm³/mol. The first-order valence-corrected chi connectivity index (χ1v) is 8.32. The number of nitrogens with one attached hydrogen (secondary N) is 2. The maximum Gasteiger partial charge on any atom is 0.191 e. The summed E-state index contributed by atoms with van der Waals surface area (Å²) in [5, 5.41) is 16.7. The standard InChI is InChI=1S/C18H29N3O/c1-4-19-17(21-13-18(22)7-5-8-18)20-9-6-16-11-14(2)10-15(3)12-16/h10-12,22H,4-9,13H2,1-3H3,(H2,19,20,21). The van der Waals surface area contributed by atoms with Crippen molar-refractivity contribution in [2.24, 2.45) is 4.99 Å². The van der Waals surface area contributed by atoms with Crippen LogP contribution in [0, 0.1) is 13.8 Å². The molecule has 1 saturated carbocycles.